The maximum atomic E-state index is 12.5. The lowest BCUT2D eigenvalue weighted by atomic mass is 10.0. The second-order valence-electron chi connectivity index (χ2n) is 4.96. The van der Waals surface area contributed by atoms with Gasteiger partial charge in [-0.25, -0.2) is 0 Å². The number of hydrogen-bond acceptors (Lipinski definition) is 2. The number of amides is 1. The number of nitrogens with one attached hydrogen (secondary N) is 1. The molecule has 1 unspecified atom stereocenters. The molecule has 1 rings (SSSR count). The largest absolute Gasteiger partial charge is 0.416 e. The highest BCUT2D eigenvalue weighted by Crippen LogP contribution is 2.33. The fourth-order valence-corrected chi connectivity index (χ4v) is 2.04. The number of alkyl halides is 3. The van der Waals surface area contributed by atoms with E-state index in [0.29, 0.717) is 18.9 Å². The molecular formula is C14H18ClF3N2O. The summed E-state index contributed by atoms with van der Waals surface area (Å²) in [5, 5.41) is 2.39. The molecule has 7 heteroatoms. The second kappa shape index (κ2) is 7.66. The van der Waals surface area contributed by atoms with Crippen LogP contribution in [0.15, 0.2) is 18.2 Å². The highest BCUT2D eigenvalue weighted by molar-refractivity contribution is 6.33. The number of hydrogen-bond donors (Lipinski definition) is 2. The maximum Gasteiger partial charge on any atom is 0.416 e. The minimum absolute atomic E-state index is 0.131. The van der Waals surface area contributed by atoms with Gasteiger partial charge in [0.2, 0.25) is 5.91 Å². The molecule has 3 nitrogen and oxygen atoms in total. The van der Waals surface area contributed by atoms with Crippen molar-refractivity contribution in [1.29, 1.82) is 0 Å². The highest BCUT2D eigenvalue weighted by atomic mass is 35.5. The molecule has 1 aromatic rings. The fourth-order valence-electron chi connectivity index (χ4n) is 1.81. The van der Waals surface area contributed by atoms with E-state index in [-0.39, 0.29) is 23.0 Å². The summed E-state index contributed by atoms with van der Waals surface area (Å²) >= 11 is 5.76. The van der Waals surface area contributed by atoms with Gasteiger partial charge in [-0.2, -0.15) is 13.2 Å². The van der Waals surface area contributed by atoms with Crippen molar-refractivity contribution in [1.82, 2.24) is 0 Å². The SMILES string of the molecule is CC(CCN)CCC(=O)Nc1ccc(C(F)(F)F)cc1Cl. The lowest BCUT2D eigenvalue weighted by molar-refractivity contribution is -0.137. The van der Waals surface area contributed by atoms with Gasteiger partial charge in [-0.1, -0.05) is 18.5 Å². The first-order valence-corrected chi connectivity index (χ1v) is 6.98. The summed E-state index contributed by atoms with van der Waals surface area (Å²) in [6, 6.07) is 2.85. The monoisotopic (exact) mass is 322 g/mol. The predicted molar refractivity (Wildman–Crippen MR) is 77.2 cm³/mol. The predicted octanol–water partition coefficient (Wildman–Crippen LogP) is 4.06. The van der Waals surface area contributed by atoms with Gasteiger partial charge >= 0.3 is 6.18 Å². The third-order valence-corrected chi connectivity index (χ3v) is 3.41. The summed E-state index contributed by atoms with van der Waals surface area (Å²) in [4.78, 5) is 11.7. The topological polar surface area (TPSA) is 55.1 Å². The first-order valence-electron chi connectivity index (χ1n) is 6.60. The normalized spacial score (nSPS) is 13.0. The Labute approximate surface area is 126 Å². The van der Waals surface area contributed by atoms with Gasteiger partial charge in [0.1, 0.15) is 0 Å². The van der Waals surface area contributed by atoms with Crippen LogP contribution in [0.3, 0.4) is 0 Å². The van der Waals surface area contributed by atoms with Gasteiger partial charge in [0.15, 0.2) is 0 Å². The van der Waals surface area contributed by atoms with Crippen LogP contribution in [-0.2, 0) is 11.0 Å². The average molecular weight is 323 g/mol. The van der Waals surface area contributed by atoms with Crippen LogP contribution in [0.25, 0.3) is 0 Å². The molecule has 0 spiro atoms. The van der Waals surface area contributed by atoms with Crippen molar-refractivity contribution in [3.63, 3.8) is 0 Å². The Morgan fingerprint density at radius 1 is 1.38 bits per heavy atom. The van der Waals surface area contributed by atoms with E-state index in [4.69, 9.17) is 17.3 Å². The van der Waals surface area contributed by atoms with Crippen molar-refractivity contribution in [2.45, 2.75) is 32.4 Å². The minimum atomic E-state index is -4.45. The lowest BCUT2D eigenvalue weighted by Crippen LogP contribution is -2.14. The fraction of sp³-hybridized carbons (Fsp3) is 0.500. The van der Waals surface area contributed by atoms with E-state index in [1.54, 1.807) is 0 Å². The van der Waals surface area contributed by atoms with Crippen LogP contribution in [0.5, 0.6) is 0 Å². The summed E-state index contributed by atoms with van der Waals surface area (Å²) in [5.41, 5.74) is 4.75. The van der Waals surface area contributed by atoms with Crippen LogP contribution in [0, 0.1) is 5.92 Å². The number of nitrogens with two attached hydrogens (primary N) is 1. The Morgan fingerprint density at radius 3 is 2.57 bits per heavy atom. The Bertz CT molecular complexity index is 492. The molecule has 0 aliphatic rings. The van der Waals surface area contributed by atoms with Crippen LogP contribution < -0.4 is 11.1 Å². The van der Waals surface area contributed by atoms with Crippen LogP contribution in [0.2, 0.25) is 5.02 Å². The lowest BCUT2D eigenvalue weighted by Gasteiger charge is -2.12. The number of halogens is 4. The van der Waals surface area contributed by atoms with Gasteiger partial charge < -0.3 is 11.1 Å². The third kappa shape index (κ3) is 5.93. The zero-order chi connectivity index (χ0) is 16.0. The molecule has 0 heterocycles. The highest BCUT2D eigenvalue weighted by Gasteiger charge is 2.30. The molecule has 21 heavy (non-hydrogen) atoms. The van der Waals surface area contributed by atoms with Crippen molar-refractivity contribution >= 4 is 23.2 Å². The molecule has 0 bridgehead atoms. The third-order valence-electron chi connectivity index (χ3n) is 3.09. The van der Waals surface area contributed by atoms with E-state index in [9.17, 15) is 18.0 Å². The average Bonchev–Trinajstić information content (AvgIpc) is 2.38. The van der Waals surface area contributed by atoms with E-state index in [0.717, 1.165) is 24.6 Å². The maximum absolute atomic E-state index is 12.5. The summed E-state index contributed by atoms with van der Waals surface area (Å²) < 4.78 is 37.5. The Kier molecular flexibility index (Phi) is 6.48. The summed E-state index contributed by atoms with van der Waals surface area (Å²) in [7, 11) is 0. The molecule has 1 atom stereocenters. The van der Waals surface area contributed by atoms with E-state index in [1.165, 1.54) is 0 Å². The molecule has 0 saturated heterocycles. The summed E-state index contributed by atoms with van der Waals surface area (Å²) in [6.45, 7) is 2.55. The zero-order valence-corrected chi connectivity index (χ0v) is 12.4. The molecule has 3 N–H and O–H groups in total. The first kappa shape index (κ1) is 17.8. The zero-order valence-electron chi connectivity index (χ0n) is 11.6. The first-order chi connectivity index (χ1) is 9.74. The van der Waals surface area contributed by atoms with E-state index < -0.39 is 11.7 Å². The summed E-state index contributed by atoms with van der Waals surface area (Å²) in [6.07, 6.45) is -2.68. The Balaban J connectivity index is 2.61. The van der Waals surface area contributed by atoms with Gasteiger partial charge in [0.05, 0.1) is 16.3 Å². The van der Waals surface area contributed by atoms with E-state index >= 15 is 0 Å². The quantitative estimate of drug-likeness (QED) is 0.829. The van der Waals surface area contributed by atoms with Gasteiger partial charge in [-0.15, -0.1) is 0 Å². The smallest absolute Gasteiger partial charge is 0.330 e. The molecule has 0 saturated carbocycles. The standard InChI is InChI=1S/C14H18ClF3N2O/c1-9(6-7-19)2-5-13(21)20-12-4-3-10(8-11(12)15)14(16,17)18/h3-4,8-9H,2,5-7,19H2,1H3,(H,20,21). The van der Waals surface area contributed by atoms with Crippen LogP contribution >= 0.6 is 11.6 Å². The van der Waals surface area contributed by atoms with Crippen LogP contribution in [-0.4, -0.2) is 12.5 Å². The number of carbonyl (C=O) groups is 1. The van der Waals surface area contributed by atoms with Crippen molar-refractivity contribution in [3.8, 4) is 0 Å². The van der Waals surface area contributed by atoms with Crippen molar-refractivity contribution in [2.75, 3.05) is 11.9 Å². The Morgan fingerprint density at radius 2 is 2.05 bits per heavy atom. The van der Waals surface area contributed by atoms with Crippen molar-refractivity contribution in [2.24, 2.45) is 11.7 Å². The molecule has 1 aromatic carbocycles. The molecule has 0 fully saturated rings. The molecule has 118 valence electrons. The van der Waals surface area contributed by atoms with Crippen molar-refractivity contribution < 1.29 is 18.0 Å². The molecule has 0 aromatic heterocycles. The summed E-state index contributed by atoms with van der Waals surface area (Å²) in [5.74, 6) is 0.0457. The number of anilines is 1. The van der Waals surface area contributed by atoms with E-state index in [2.05, 4.69) is 5.32 Å². The minimum Gasteiger partial charge on any atom is -0.330 e. The van der Waals surface area contributed by atoms with Gasteiger partial charge in [0.25, 0.3) is 0 Å². The molecule has 0 aliphatic carbocycles. The number of benzene rings is 1. The number of carbonyl (C=O) groups excluding carboxylic acids is 1. The Hall–Kier alpha value is -1.27. The molecule has 0 radical (unpaired) electrons. The molecule has 0 aliphatic heterocycles. The van der Waals surface area contributed by atoms with Gasteiger partial charge in [0, 0.05) is 6.42 Å². The molecular weight excluding hydrogens is 305 g/mol. The van der Waals surface area contributed by atoms with Crippen molar-refractivity contribution in [3.05, 3.63) is 28.8 Å². The van der Waals surface area contributed by atoms with Gasteiger partial charge in [-0.05, 0) is 43.5 Å². The van der Waals surface area contributed by atoms with Crippen LogP contribution in [0.4, 0.5) is 18.9 Å². The van der Waals surface area contributed by atoms with Gasteiger partial charge in [-0.3, -0.25) is 4.79 Å². The molecule has 1 amide bonds. The number of rotatable bonds is 6. The second-order valence-corrected chi connectivity index (χ2v) is 5.37. The van der Waals surface area contributed by atoms with E-state index in [1.807, 2.05) is 6.92 Å². The van der Waals surface area contributed by atoms with Crippen LogP contribution in [0.1, 0.15) is 31.7 Å².